The molecule has 0 aromatic heterocycles. The molecular formula is C21H29NO4S. The summed E-state index contributed by atoms with van der Waals surface area (Å²) in [4.78, 5) is 0.176. The molecule has 0 aliphatic rings. The van der Waals surface area contributed by atoms with Crippen LogP contribution in [0.4, 0.5) is 0 Å². The minimum absolute atomic E-state index is 0.0646. The molecule has 0 saturated heterocycles. The molecule has 0 spiro atoms. The molecule has 2 aromatic rings. The van der Waals surface area contributed by atoms with Gasteiger partial charge < -0.3 is 10.2 Å². The molecule has 0 fully saturated rings. The van der Waals surface area contributed by atoms with Gasteiger partial charge in [0, 0.05) is 13.1 Å². The van der Waals surface area contributed by atoms with Crippen LogP contribution in [0.2, 0.25) is 0 Å². The van der Waals surface area contributed by atoms with Crippen molar-refractivity contribution in [2.45, 2.75) is 44.3 Å². The van der Waals surface area contributed by atoms with Gasteiger partial charge >= 0.3 is 0 Å². The summed E-state index contributed by atoms with van der Waals surface area (Å²) in [5.41, 5.74) is 1.78. The molecule has 27 heavy (non-hydrogen) atoms. The van der Waals surface area contributed by atoms with Crippen LogP contribution in [0.5, 0.6) is 0 Å². The summed E-state index contributed by atoms with van der Waals surface area (Å²) < 4.78 is 27.4. The summed E-state index contributed by atoms with van der Waals surface area (Å²) in [7, 11) is -3.71. The van der Waals surface area contributed by atoms with Crippen LogP contribution in [0.3, 0.4) is 0 Å². The Labute approximate surface area is 162 Å². The van der Waals surface area contributed by atoms with Crippen LogP contribution < -0.4 is 0 Å². The van der Waals surface area contributed by atoms with Gasteiger partial charge in [-0.3, -0.25) is 0 Å². The lowest BCUT2D eigenvalue weighted by Gasteiger charge is -2.26. The molecule has 148 valence electrons. The minimum atomic E-state index is -3.71. The summed E-state index contributed by atoms with van der Waals surface area (Å²) in [6.07, 6.45) is 0.454. The summed E-state index contributed by atoms with van der Waals surface area (Å²) in [5.74, 6) is 0.137. The molecule has 0 aliphatic carbocycles. The Kier molecular flexibility index (Phi) is 7.98. The standard InChI is InChI=1S/C21H29NO4S/c1-17(2)14-22(15-20(24)11-8-18-6-4-3-5-7-18)27(25,26)21-12-9-19(16-23)10-13-21/h3-7,9-10,12-13,17,20,23-24H,8,11,14-16H2,1-2H3/t20-/m0/s1. The molecule has 2 rings (SSSR count). The Morgan fingerprint density at radius 1 is 0.926 bits per heavy atom. The zero-order valence-electron chi connectivity index (χ0n) is 16.0. The van der Waals surface area contributed by atoms with E-state index in [-0.39, 0.29) is 24.0 Å². The highest BCUT2D eigenvalue weighted by molar-refractivity contribution is 7.89. The van der Waals surface area contributed by atoms with Gasteiger partial charge in [0.2, 0.25) is 10.0 Å². The lowest BCUT2D eigenvalue weighted by molar-refractivity contribution is 0.133. The Morgan fingerprint density at radius 2 is 1.56 bits per heavy atom. The van der Waals surface area contributed by atoms with Crippen molar-refractivity contribution in [3.63, 3.8) is 0 Å². The maximum atomic E-state index is 13.0. The second-order valence-electron chi connectivity index (χ2n) is 7.20. The van der Waals surface area contributed by atoms with Crippen molar-refractivity contribution in [1.29, 1.82) is 0 Å². The minimum Gasteiger partial charge on any atom is -0.392 e. The van der Waals surface area contributed by atoms with Crippen LogP contribution >= 0.6 is 0 Å². The molecule has 0 bridgehead atoms. The first kappa shape index (κ1) is 21.6. The molecule has 0 radical (unpaired) electrons. The maximum Gasteiger partial charge on any atom is 0.243 e. The lowest BCUT2D eigenvalue weighted by atomic mass is 10.1. The first-order chi connectivity index (χ1) is 12.8. The highest BCUT2D eigenvalue weighted by atomic mass is 32.2. The van der Waals surface area contributed by atoms with E-state index < -0.39 is 16.1 Å². The Balaban J connectivity index is 2.10. The van der Waals surface area contributed by atoms with Crippen LogP contribution in [0.25, 0.3) is 0 Å². The van der Waals surface area contributed by atoms with Crippen molar-refractivity contribution in [3.05, 3.63) is 65.7 Å². The number of hydrogen-bond donors (Lipinski definition) is 2. The van der Waals surface area contributed by atoms with Gasteiger partial charge in [-0.25, -0.2) is 8.42 Å². The summed E-state index contributed by atoms with van der Waals surface area (Å²) in [6.45, 7) is 4.18. The number of benzene rings is 2. The smallest absolute Gasteiger partial charge is 0.243 e. The van der Waals surface area contributed by atoms with Crippen molar-refractivity contribution >= 4 is 10.0 Å². The van der Waals surface area contributed by atoms with Gasteiger partial charge in [0.15, 0.2) is 0 Å². The van der Waals surface area contributed by atoms with E-state index in [1.54, 1.807) is 12.1 Å². The topological polar surface area (TPSA) is 77.8 Å². The summed E-state index contributed by atoms with van der Waals surface area (Å²) in [6, 6.07) is 16.1. The van der Waals surface area contributed by atoms with Gasteiger partial charge in [0.05, 0.1) is 17.6 Å². The predicted octanol–water partition coefficient (Wildman–Crippen LogP) is 2.82. The average Bonchev–Trinajstić information content (AvgIpc) is 2.66. The second-order valence-corrected chi connectivity index (χ2v) is 9.13. The van der Waals surface area contributed by atoms with E-state index in [1.807, 2.05) is 44.2 Å². The molecule has 0 amide bonds. The summed E-state index contributed by atoms with van der Waals surface area (Å²) in [5, 5.41) is 19.6. The molecule has 2 aromatic carbocycles. The van der Waals surface area contributed by atoms with Crippen molar-refractivity contribution in [2.24, 2.45) is 5.92 Å². The molecule has 0 heterocycles. The fourth-order valence-electron chi connectivity index (χ4n) is 2.90. The lowest BCUT2D eigenvalue weighted by Crippen LogP contribution is -2.40. The van der Waals surface area contributed by atoms with Crippen molar-refractivity contribution in [3.8, 4) is 0 Å². The Bertz CT molecular complexity index is 789. The molecule has 0 unspecified atom stereocenters. The number of aryl methyl sites for hydroxylation is 1. The summed E-state index contributed by atoms with van der Waals surface area (Å²) >= 11 is 0. The van der Waals surface area contributed by atoms with E-state index in [4.69, 9.17) is 5.11 Å². The van der Waals surface area contributed by atoms with Gasteiger partial charge in [-0.2, -0.15) is 4.31 Å². The third-order valence-electron chi connectivity index (χ3n) is 4.34. The van der Waals surface area contributed by atoms with Crippen molar-refractivity contribution in [1.82, 2.24) is 4.31 Å². The SMILES string of the molecule is CC(C)CN(C[C@@H](O)CCc1ccccc1)S(=O)(=O)c1ccc(CO)cc1. The number of hydrogen-bond acceptors (Lipinski definition) is 4. The van der Waals surface area contributed by atoms with Gasteiger partial charge in [0.25, 0.3) is 0 Å². The van der Waals surface area contributed by atoms with E-state index in [2.05, 4.69) is 0 Å². The normalized spacial score (nSPS) is 13.3. The maximum absolute atomic E-state index is 13.0. The van der Waals surface area contributed by atoms with Gasteiger partial charge in [-0.1, -0.05) is 56.3 Å². The number of sulfonamides is 1. The van der Waals surface area contributed by atoms with Gasteiger partial charge in [-0.05, 0) is 42.0 Å². The van der Waals surface area contributed by atoms with Crippen LogP contribution in [0.1, 0.15) is 31.4 Å². The van der Waals surface area contributed by atoms with Crippen LogP contribution in [-0.2, 0) is 23.1 Å². The monoisotopic (exact) mass is 391 g/mol. The zero-order valence-corrected chi connectivity index (χ0v) is 16.8. The molecule has 2 N–H and O–H groups in total. The zero-order chi connectivity index (χ0) is 19.9. The van der Waals surface area contributed by atoms with Gasteiger partial charge in [-0.15, -0.1) is 0 Å². The molecule has 0 aliphatic heterocycles. The van der Waals surface area contributed by atoms with Crippen LogP contribution in [0, 0.1) is 5.92 Å². The quantitative estimate of drug-likeness (QED) is 0.653. The van der Waals surface area contributed by atoms with Crippen LogP contribution in [-0.4, -0.2) is 42.1 Å². The largest absolute Gasteiger partial charge is 0.392 e. The highest BCUT2D eigenvalue weighted by Gasteiger charge is 2.27. The van der Waals surface area contributed by atoms with Gasteiger partial charge in [0.1, 0.15) is 0 Å². The van der Waals surface area contributed by atoms with E-state index >= 15 is 0 Å². The highest BCUT2D eigenvalue weighted by Crippen LogP contribution is 2.19. The molecule has 5 nitrogen and oxygen atoms in total. The number of aliphatic hydroxyl groups excluding tert-OH is 2. The second kappa shape index (κ2) is 9.99. The fourth-order valence-corrected chi connectivity index (χ4v) is 4.54. The molecule has 1 atom stereocenters. The number of rotatable bonds is 10. The third-order valence-corrected chi connectivity index (χ3v) is 6.18. The average molecular weight is 392 g/mol. The number of aliphatic hydroxyl groups is 2. The molecule has 0 saturated carbocycles. The molecule has 6 heteroatoms. The van der Waals surface area contributed by atoms with E-state index in [9.17, 15) is 13.5 Å². The van der Waals surface area contributed by atoms with E-state index in [1.165, 1.54) is 16.4 Å². The van der Waals surface area contributed by atoms with Crippen molar-refractivity contribution < 1.29 is 18.6 Å². The predicted molar refractivity (Wildman–Crippen MR) is 107 cm³/mol. The van der Waals surface area contributed by atoms with Crippen molar-refractivity contribution in [2.75, 3.05) is 13.1 Å². The first-order valence-corrected chi connectivity index (χ1v) is 10.7. The van der Waals surface area contributed by atoms with E-state index in [0.717, 1.165) is 5.56 Å². The number of nitrogens with zero attached hydrogens (tertiary/aromatic N) is 1. The fraction of sp³-hybridized carbons (Fsp3) is 0.429. The first-order valence-electron chi connectivity index (χ1n) is 9.25. The Morgan fingerprint density at radius 3 is 2.11 bits per heavy atom. The van der Waals surface area contributed by atoms with E-state index in [0.29, 0.717) is 24.9 Å². The third kappa shape index (κ3) is 6.43. The molecular weight excluding hydrogens is 362 g/mol. The Hall–Kier alpha value is -1.73. The van der Waals surface area contributed by atoms with Crippen LogP contribution in [0.15, 0.2) is 59.5 Å².